The van der Waals surface area contributed by atoms with E-state index in [9.17, 15) is 9.18 Å². The van der Waals surface area contributed by atoms with Crippen molar-refractivity contribution in [3.63, 3.8) is 0 Å². The number of benzene rings is 1. The molecule has 1 heterocycles. The van der Waals surface area contributed by atoms with Gasteiger partial charge in [-0.05, 0) is 12.1 Å². The number of halogens is 1. The minimum Gasteiger partial charge on any atom is -0.459 e. The lowest BCUT2D eigenvalue weighted by Crippen LogP contribution is -2.19. The molecule has 0 saturated carbocycles. The lowest BCUT2D eigenvalue weighted by molar-refractivity contribution is -0.121. The molecule has 2 rings (SSSR count). The maximum absolute atomic E-state index is 12.9. The molecule has 92 valence electrons. The van der Waals surface area contributed by atoms with Gasteiger partial charge >= 0.3 is 5.97 Å². The van der Waals surface area contributed by atoms with Crippen molar-refractivity contribution in [2.45, 2.75) is 25.0 Å². The summed E-state index contributed by atoms with van der Waals surface area (Å²) in [6, 6.07) is 8.50. The molecular weight excluding hydrogens is 227 g/mol. The Kier molecular flexibility index (Phi) is 3.71. The Bertz CT molecular complexity index is 371. The summed E-state index contributed by atoms with van der Waals surface area (Å²) < 4.78 is 22.7. The van der Waals surface area contributed by atoms with Gasteiger partial charge in [-0.3, -0.25) is 0 Å². The number of carbonyl (C=O) groups excluding carboxylic acids is 1. The average molecular weight is 240 g/mol. The molecule has 0 radical (unpaired) electrons. The maximum Gasteiger partial charge on any atom is 0.338 e. The highest BCUT2D eigenvalue weighted by atomic mass is 19.1. The highest BCUT2D eigenvalue weighted by molar-refractivity contribution is 5.89. The largest absolute Gasteiger partial charge is 0.459 e. The second kappa shape index (κ2) is 5.25. The van der Waals surface area contributed by atoms with E-state index < -0.39 is 24.5 Å². The minimum atomic E-state index is -1.41. The molecular formula is C12H13FO4. The first kappa shape index (κ1) is 12.0. The molecule has 1 saturated heterocycles. The van der Waals surface area contributed by atoms with Gasteiger partial charge in [0, 0.05) is 6.42 Å². The van der Waals surface area contributed by atoms with Gasteiger partial charge in [0.2, 0.25) is 0 Å². The van der Waals surface area contributed by atoms with Gasteiger partial charge in [0.05, 0.1) is 11.7 Å². The van der Waals surface area contributed by atoms with E-state index in [0.29, 0.717) is 5.56 Å². The molecule has 1 aliphatic heterocycles. The number of aliphatic hydroxyl groups is 1. The highest BCUT2D eigenvalue weighted by Crippen LogP contribution is 2.21. The molecule has 1 aromatic rings. The molecule has 1 N–H and O–H groups in total. The van der Waals surface area contributed by atoms with Crippen LogP contribution in [0.25, 0.3) is 0 Å². The molecule has 3 atom stereocenters. The van der Waals surface area contributed by atoms with Crippen LogP contribution in [-0.4, -0.2) is 36.2 Å². The van der Waals surface area contributed by atoms with Crippen LogP contribution >= 0.6 is 0 Å². The summed E-state index contributed by atoms with van der Waals surface area (Å²) in [5.74, 6) is -0.481. The number of carbonyl (C=O) groups is 1. The van der Waals surface area contributed by atoms with Gasteiger partial charge in [-0.1, -0.05) is 18.2 Å². The summed E-state index contributed by atoms with van der Waals surface area (Å²) in [6.45, 7) is -0.0504. The number of ether oxygens (including phenoxy) is 2. The van der Waals surface area contributed by atoms with Gasteiger partial charge in [-0.2, -0.15) is 0 Å². The van der Waals surface area contributed by atoms with Crippen molar-refractivity contribution in [1.82, 2.24) is 0 Å². The molecule has 1 fully saturated rings. The first-order chi connectivity index (χ1) is 8.16. The normalized spacial score (nSPS) is 28.0. The highest BCUT2D eigenvalue weighted by Gasteiger charge is 2.34. The summed E-state index contributed by atoms with van der Waals surface area (Å²) in [6.07, 6.45) is -3.35. The van der Waals surface area contributed by atoms with Crippen molar-refractivity contribution in [3.05, 3.63) is 35.9 Å². The molecule has 5 heteroatoms. The van der Waals surface area contributed by atoms with E-state index in [2.05, 4.69) is 0 Å². The van der Waals surface area contributed by atoms with Crippen LogP contribution in [0.5, 0.6) is 0 Å². The van der Waals surface area contributed by atoms with Crippen LogP contribution in [-0.2, 0) is 9.47 Å². The van der Waals surface area contributed by atoms with Gasteiger partial charge < -0.3 is 14.6 Å². The predicted molar refractivity (Wildman–Crippen MR) is 57.1 cm³/mol. The van der Waals surface area contributed by atoms with Crippen molar-refractivity contribution >= 4 is 5.97 Å². The number of alkyl halides is 1. The maximum atomic E-state index is 12.9. The van der Waals surface area contributed by atoms with Crippen molar-refractivity contribution in [3.8, 4) is 0 Å². The average Bonchev–Trinajstić information content (AvgIpc) is 2.67. The Labute approximate surface area is 98.0 Å². The van der Waals surface area contributed by atoms with Crippen molar-refractivity contribution in [1.29, 1.82) is 0 Å². The lowest BCUT2D eigenvalue weighted by Gasteiger charge is -2.10. The second-order valence-electron chi connectivity index (χ2n) is 3.86. The molecule has 4 nitrogen and oxygen atoms in total. The summed E-state index contributed by atoms with van der Waals surface area (Å²) in [5.41, 5.74) is 0.433. The summed E-state index contributed by atoms with van der Waals surface area (Å²) in [7, 11) is 0. The molecule has 0 spiro atoms. The molecule has 1 aliphatic rings. The smallest absolute Gasteiger partial charge is 0.338 e. The van der Waals surface area contributed by atoms with Crippen LogP contribution in [0.4, 0.5) is 4.39 Å². The van der Waals surface area contributed by atoms with Gasteiger partial charge in [-0.25, -0.2) is 9.18 Å². The van der Waals surface area contributed by atoms with E-state index in [1.807, 2.05) is 0 Å². The van der Waals surface area contributed by atoms with Crippen LogP contribution in [0.2, 0.25) is 0 Å². The molecule has 0 unspecified atom stereocenters. The Hall–Kier alpha value is -1.46. The lowest BCUT2D eigenvalue weighted by atomic mass is 10.2. The number of rotatable bonds is 3. The van der Waals surface area contributed by atoms with Crippen molar-refractivity contribution < 1.29 is 23.8 Å². The third-order valence-electron chi connectivity index (χ3n) is 2.54. The zero-order chi connectivity index (χ0) is 12.3. The first-order valence-electron chi connectivity index (χ1n) is 5.36. The van der Waals surface area contributed by atoms with Crippen LogP contribution in [0.1, 0.15) is 16.8 Å². The molecule has 17 heavy (non-hydrogen) atoms. The van der Waals surface area contributed by atoms with Crippen LogP contribution in [0.15, 0.2) is 30.3 Å². The Morgan fingerprint density at radius 2 is 2.18 bits per heavy atom. The van der Waals surface area contributed by atoms with Crippen molar-refractivity contribution in [2.24, 2.45) is 0 Å². The fourth-order valence-corrected chi connectivity index (χ4v) is 1.64. The quantitative estimate of drug-likeness (QED) is 0.809. The third-order valence-corrected chi connectivity index (χ3v) is 2.54. The summed E-state index contributed by atoms with van der Waals surface area (Å²) in [4.78, 5) is 11.5. The Morgan fingerprint density at radius 3 is 2.76 bits per heavy atom. The van der Waals surface area contributed by atoms with Gasteiger partial charge in [-0.15, -0.1) is 0 Å². The molecule has 0 bridgehead atoms. The molecule has 0 aliphatic carbocycles. The number of esters is 1. The summed E-state index contributed by atoms with van der Waals surface area (Å²) >= 11 is 0. The van der Waals surface area contributed by atoms with E-state index in [-0.39, 0.29) is 13.0 Å². The third kappa shape index (κ3) is 3.01. The van der Waals surface area contributed by atoms with E-state index in [0.717, 1.165) is 0 Å². The topological polar surface area (TPSA) is 55.8 Å². The molecule has 0 aromatic heterocycles. The van der Waals surface area contributed by atoms with Gasteiger partial charge in [0.1, 0.15) is 6.61 Å². The second-order valence-corrected chi connectivity index (χ2v) is 3.86. The summed E-state index contributed by atoms with van der Waals surface area (Å²) in [5, 5.41) is 9.01. The van der Waals surface area contributed by atoms with Crippen LogP contribution in [0, 0.1) is 0 Å². The fraction of sp³-hybridized carbons (Fsp3) is 0.417. The molecule has 0 amide bonds. The first-order valence-corrected chi connectivity index (χ1v) is 5.36. The monoisotopic (exact) mass is 240 g/mol. The number of hydrogen-bond donors (Lipinski definition) is 1. The van der Waals surface area contributed by atoms with Crippen molar-refractivity contribution in [2.75, 3.05) is 6.61 Å². The van der Waals surface area contributed by atoms with E-state index in [1.165, 1.54) is 0 Å². The van der Waals surface area contributed by atoms with Gasteiger partial charge in [0.15, 0.2) is 12.5 Å². The molecule has 1 aromatic carbocycles. The number of aliphatic hydroxyl groups excluding tert-OH is 1. The SMILES string of the molecule is O=C(OC[C@H]1C[C@H](F)[C@H](O)O1)c1ccccc1. The zero-order valence-electron chi connectivity index (χ0n) is 9.08. The van der Waals surface area contributed by atoms with E-state index >= 15 is 0 Å². The Balaban J connectivity index is 1.81. The standard InChI is InChI=1S/C12H13FO4/c13-10-6-9(17-12(10)15)7-16-11(14)8-4-2-1-3-5-8/h1-5,9-10,12,15H,6-7H2/t9-,10+,12-/m1/s1. The minimum absolute atomic E-state index is 0.0449. The van der Waals surface area contributed by atoms with Crippen LogP contribution < -0.4 is 0 Å². The number of hydrogen-bond acceptors (Lipinski definition) is 4. The Morgan fingerprint density at radius 1 is 1.47 bits per heavy atom. The zero-order valence-corrected chi connectivity index (χ0v) is 9.08. The fourth-order valence-electron chi connectivity index (χ4n) is 1.64. The van der Waals surface area contributed by atoms with E-state index in [1.54, 1.807) is 30.3 Å². The van der Waals surface area contributed by atoms with Crippen LogP contribution in [0.3, 0.4) is 0 Å². The van der Waals surface area contributed by atoms with Gasteiger partial charge in [0.25, 0.3) is 0 Å². The van der Waals surface area contributed by atoms with E-state index in [4.69, 9.17) is 14.6 Å². The predicted octanol–water partition coefficient (Wildman–Crippen LogP) is 1.29.